The van der Waals surface area contributed by atoms with Crippen molar-refractivity contribution in [2.45, 2.75) is 45.1 Å². The first kappa shape index (κ1) is 16.8. The van der Waals surface area contributed by atoms with Gasteiger partial charge in [-0.15, -0.1) is 10.2 Å². The van der Waals surface area contributed by atoms with E-state index >= 15 is 0 Å². The van der Waals surface area contributed by atoms with E-state index in [4.69, 9.17) is 0 Å². The third kappa shape index (κ3) is 3.23. The molecular weight excluding hydrogens is 326 g/mol. The average Bonchev–Trinajstić information content (AvgIpc) is 3.33. The maximum atomic E-state index is 12.8. The van der Waals surface area contributed by atoms with Gasteiger partial charge in [0.15, 0.2) is 0 Å². The summed E-state index contributed by atoms with van der Waals surface area (Å²) in [7, 11) is 0. The molecule has 136 valence electrons. The van der Waals surface area contributed by atoms with E-state index in [1.54, 1.807) is 6.33 Å². The molecule has 4 rings (SSSR count). The second-order valence-electron chi connectivity index (χ2n) is 7.01. The fourth-order valence-corrected chi connectivity index (χ4v) is 3.98. The summed E-state index contributed by atoms with van der Waals surface area (Å²) in [5.41, 5.74) is 2.35. The number of aromatic amines is 1. The first-order valence-corrected chi connectivity index (χ1v) is 9.46. The van der Waals surface area contributed by atoms with Crippen LogP contribution in [0.2, 0.25) is 0 Å². The van der Waals surface area contributed by atoms with Gasteiger partial charge in [-0.2, -0.15) is 0 Å². The smallest absolute Gasteiger partial charge is 0.222 e. The summed E-state index contributed by atoms with van der Waals surface area (Å²) in [6, 6.07) is 8.25. The number of hydrogen-bond donors (Lipinski definition) is 1. The maximum absolute atomic E-state index is 12.8. The van der Waals surface area contributed by atoms with Gasteiger partial charge in [0.2, 0.25) is 5.91 Å². The summed E-state index contributed by atoms with van der Waals surface area (Å²) in [4.78, 5) is 18.1. The predicted molar refractivity (Wildman–Crippen MR) is 101 cm³/mol. The van der Waals surface area contributed by atoms with Crippen molar-refractivity contribution in [2.24, 2.45) is 0 Å². The lowest BCUT2D eigenvalue weighted by Crippen LogP contribution is -2.39. The molecule has 26 heavy (non-hydrogen) atoms. The number of nitrogens with one attached hydrogen (secondary N) is 1. The van der Waals surface area contributed by atoms with Crippen molar-refractivity contribution >= 4 is 16.8 Å². The lowest BCUT2D eigenvalue weighted by molar-refractivity contribution is -0.132. The molecule has 0 aliphatic carbocycles. The number of nitrogens with zero attached hydrogens (tertiary/aromatic N) is 4. The molecule has 6 nitrogen and oxygen atoms in total. The monoisotopic (exact) mass is 351 g/mol. The Balaban J connectivity index is 1.40. The molecule has 1 atom stereocenters. The van der Waals surface area contributed by atoms with Crippen LogP contribution < -0.4 is 0 Å². The van der Waals surface area contributed by atoms with Crippen LogP contribution in [0.15, 0.2) is 36.8 Å². The van der Waals surface area contributed by atoms with E-state index in [-0.39, 0.29) is 5.91 Å². The molecule has 0 unspecified atom stereocenters. The van der Waals surface area contributed by atoms with Gasteiger partial charge in [-0.1, -0.05) is 18.2 Å². The summed E-state index contributed by atoms with van der Waals surface area (Å²) in [6.07, 6.45) is 7.24. The number of H-pyrrole nitrogens is 1. The number of hydrogen-bond acceptors (Lipinski definition) is 3. The minimum Gasteiger partial charge on any atom is -0.361 e. The van der Waals surface area contributed by atoms with E-state index in [0.717, 1.165) is 50.2 Å². The zero-order valence-electron chi connectivity index (χ0n) is 15.2. The second-order valence-corrected chi connectivity index (χ2v) is 7.01. The molecule has 1 aromatic carbocycles. The van der Waals surface area contributed by atoms with Gasteiger partial charge in [-0.25, -0.2) is 0 Å². The molecule has 3 heterocycles. The number of benzene rings is 1. The predicted octanol–water partition coefficient (Wildman–Crippen LogP) is 3.12. The molecule has 1 aliphatic heterocycles. The first-order valence-electron chi connectivity index (χ1n) is 9.46. The van der Waals surface area contributed by atoms with Crippen molar-refractivity contribution in [2.75, 3.05) is 13.1 Å². The lowest BCUT2D eigenvalue weighted by Gasteiger charge is -2.32. The molecule has 1 amide bonds. The first-order chi connectivity index (χ1) is 12.8. The van der Waals surface area contributed by atoms with E-state index in [1.165, 1.54) is 10.9 Å². The van der Waals surface area contributed by atoms with Crippen LogP contribution in [0, 0.1) is 0 Å². The fourth-order valence-electron chi connectivity index (χ4n) is 3.98. The standard InChI is InChI=1S/C20H25N5O/c1-2-24-14-22-23-20(24)16-6-5-11-25(13-16)19(26)10-9-15-12-21-18-8-4-3-7-17(15)18/h3-4,7-8,12,14,16,21H,2,5-6,9-11,13H2,1H3/t16-/m1/s1. The van der Waals surface area contributed by atoms with Crippen molar-refractivity contribution in [3.8, 4) is 0 Å². The molecule has 1 aliphatic rings. The number of likely N-dealkylation sites (tertiary alicyclic amines) is 1. The third-order valence-electron chi connectivity index (χ3n) is 5.41. The summed E-state index contributed by atoms with van der Waals surface area (Å²) in [5, 5.41) is 9.55. The Labute approximate surface area is 153 Å². The SMILES string of the molecule is CCn1cnnc1[C@@H]1CCCN(C(=O)CCc2c[nH]c3ccccc23)C1. The number of piperidine rings is 1. The minimum atomic E-state index is 0.238. The van der Waals surface area contributed by atoms with Gasteiger partial charge >= 0.3 is 0 Å². The normalized spacial score (nSPS) is 17.7. The Morgan fingerprint density at radius 2 is 2.23 bits per heavy atom. The van der Waals surface area contributed by atoms with Crippen molar-refractivity contribution < 1.29 is 4.79 Å². The molecule has 1 fully saturated rings. The van der Waals surface area contributed by atoms with Crippen LogP contribution in [0.3, 0.4) is 0 Å². The molecule has 0 saturated carbocycles. The van der Waals surface area contributed by atoms with Crippen LogP contribution in [-0.2, 0) is 17.8 Å². The van der Waals surface area contributed by atoms with Gasteiger partial charge in [-0.3, -0.25) is 4.79 Å². The maximum Gasteiger partial charge on any atom is 0.222 e. The van der Waals surface area contributed by atoms with Crippen molar-refractivity contribution in [1.82, 2.24) is 24.6 Å². The van der Waals surface area contributed by atoms with Crippen molar-refractivity contribution in [1.29, 1.82) is 0 Å². The number of rotatable bonds is 5. The Morgan fingerprint density at radius 1 is 1.35 bits per heavy atom. The zero-order valence-corrected chi connectivity index (χ0v) is 15.2. The Kier molecular flexibility index (Phi) is 4.73. The summed E-state index contributed by atoms with van der Waals surface area (Å²) in [5.74, 6) is 1.55. The molecule has 0 radical (unpaired) electrons. The number of para-hydroxylation sites is 1. The van der Waals surface area contributed by atoms with Crippen LogP contribution in [-0.4, -0.2) is 43.6 Å². The molecule has 0 spiro atoms. The highest BCUT2D eigenvalue weighted by Gasteiger charge is 2.27. The highest BCUT2D eigenvalue weighted by atomic mass is 16.2. The second kappa shape index (κ2) is 7.32. The Morgan fingerprint density at radius 3 is 3.12 bits per heavy atom. The van der Waals surface area contributed by atoms with E-state index in [0.29, 0.717) is 12.3 Å². The van der Waals surface area contributed by atoms with Crippen molar-refractivity contribution in [3.05, 3.63) is 48.2 Å². The third-order valence-corrected chi connectivity index (χ3v) is 5.41. The van der Waals surface area contributed by atoms with Gasteiger partial charge in [0.25, 0.3) is 0 Å². The van der Waals surface area contributed by atoms with Gasteiger partial charge in [0, 0.05) is 49.1 Å². The van der Waals surface area contributed by atoms with E-state index < -0.39 is 0 Å². The number of aromatic nitrogens is 4. The largest absolute Gasteiger partial charge is 0.361 e. The van der Waals surface area contributed by atoms with Gasteiger partial charge in [-0.05, 0) is 37.8 Å². The molecule has 0 bridgehead atoms. The summed E-state index contributed by atoms with van der Waals surface area (Å²) in [6.45, 7) is 4.57. The van der Waals surface area contributed by atoms with Crippen LogP contribution in [0.25, 0.3) is 10.9 Å². The molecule has 3 aromatic rings. The van der Waals surface area contributed by atoms with Gasteiger partial charge in [0.1, 0.15) is 12.2 Å². The number of carbonyl (C=O) groups is 1. The molecular formula is C20H25N5O. The molecule has 6 heteroatoms. The number of aryl methyl sites for hydroxylation is 2. The van der Waals surface area contributed by atoms with Crippen LogP contribution in [0.4, 0.5) is 0 Å². The van der Waals surface area contributed by atoms with E-state index in [9.17, 15) is 4.79 Å². The molecule has 1 N–H and O–H groups in total. The van der Waals surface area contributed by atoms with Crippen molar-refractivity contribution in [3.63, 3.8) is 0 Å². The van der Waals surface area contributed by atoms with Gasteiger partial charge in [0.05, 0.1) is 0 Å². The quantitative estimate of drug-likeness (QED) is 0.768. The van der Waals surface area contributed by atoms with Gasteiger partial charge < -0.3 is 14.5 Å². The van der Waals surface area contributed by atoms with Crippen LogP contribution >= 0.6 is 0 Å². The molecule has 2 aromatic heterocycles. The minimum absolute atomic E-state index is 0.238. The van der Waals surface area contributed by atoms with E-state index in [2.05, 4.69) is 38.8 Å². The highest BCUT2D eigenvalue weighted by molar-refractivity contribution is 5.84. The van der Waals surface area contributed by atoms with Crippen LogP contribution in [0.5, 0.6) is 0 Å². The van der Waals surface area contributed by atoms with Crippen LogP contribution in [0.1, 0.15) is 43.5 Å². The topological polar surface area (TPSA) is 66.8 Å². The number of fused-ring (bicyclic) bond motifs is 1. The van der Waals surface area contributed by atoms with E-state index in [1.807, 2.05) is 23.2 Å². The Bertz CT molecular complexity index is 896. The lowest BCUT2D eigenvalue weighted by atomic mass is 9.96. The highest BCUT2D eigenvalue weighted by Crippen LogP contribution is 2.26. The zero-order chi connectivity index (χ0) is 17.9. The number of carbonyl (C=O) groups excluding carboxylic acids is 1. The Hall–Kier alpha value is -2.63. The fraction of sp³-hybridized carbons (Fsp3) is 0.450. The molecule has 1 saturated heterocycles. The summed E-state index contributed by atoms with van der Waals surface area (Å²) >= 11 is 0. The number of amides is 1. The average molecular weight is 351 g/mol. The summed E-state index contributed by atoms with van der Waals surface area (Å²) < 4.78 is 2.09.